The molecule has 0 aromatic rings. The number of carbonyl (C=O) groups excluding carboxylic acids is 1. The van der Waals surface area contributed by atoms with Gasteiger partial charge in [0.2, 0.25) is 0 Å². The summed E-state index contributed by atoms with van der Waals surface area (Å²) in [6, 6.07) is 0.678. The highest BCUT2D eigenvalue weighted by Crippen LogP contribution is 2.28. The first-order chi connectivity index (χ1) is 4.86. The second-order valence-electron chi connectivity index (χ2n) is 3.39. The molecule has 1 aliphatic heterocycles. The Morgan fingerprint density at radius 2 is 2.30 bits per heavy atom. The predicted molar refractivity (Wildman–Crippen MR) is 38.8 cm³/mol. The summed E-state index contributed by atoms with van der Waals surface area (Å²) >= 11 is 0. The van der Waals surface area contributed by atoms with Crippen LogP contribution in [-0.2, 0) is 4.79 Å². The maximum Gasteiger partial charge on any atom is 0.133 e. The third-order valence-corrected chi connectivity index (χ3v) is 2.71. The van der Waals surface area contributed by atoms with E-state index in [1.165, 1.54) is 6.42 Å². The lowest BCUT2D eigenvalue weighted by molar-refractivity contribution is -0.121. The molecule has 2 rings (SSSR count). The topological polar surface area (TPSA) is 29.1 Å². The Bertz CT molecular complexity index is 155. The molecule has 1 saturated carbocycles. The molecule has 0 spiro atoms. The molecule has 56 valence electrons. The number of fused-ring (bicyclic) bond motifs is 1. The second-order valence-corrected chi connectivity index (χ2v) is 3.39. The standard InChI is InChI=1S/C8H13NO/c10-7-1-2-8-6(5-7)3-4-9-8/h6,8-9H,1-5H2/t6-,8+/m1/s1. The number of carbonyl (C=O) groups is 1. The number of rotatable bonds is 0. The summed E-state index contributed by atoms with van der Waals surface area (Å²) in [7, 11) is 0. The molecule has 2 heteroatoms. The van der Waals surface area contributed by atoms with Gasteiger partial charge in [-0.1, -0.05) is 0 Å². The van der Waals surface area contributed by atoms with Crippen molar-refractivity contribution in [2.45, 2.75) is 31.7 Å². The highest BCUT2D eigenvalue weighted by atomic mass is 16.1. The Morgan fingerprint density at radius 1 is 1.40 bits per heavy atom. The van der Waals surface area contributed by atoms with Gasteiger partial charge >= 0.3 is 0 Å². The molecule has 2 aliphatic rings. The molecule has 0 aromatic carbocycles. The van der Waals surface area contributed by atoms with E-state index in [1.54, 1.807) is 0 Å². The Kier molecular flexibility index (Phi) is 1.49. The maximum absolute atomic E-state index is 11.0. The van der Waals surface area contributed by atoms with Crippen molar-refractivity contribution in [2.75, 3.05) is 6.54 Å². The van der Waals surface area contributed by atoms with Gasteiger partial charge in [-0.2, -0.15) is 0 Å². The molecular formula is C8H13NO. The lowest BCUT2D eigenvalue weighted by Gasteiger charge is -2.23. The molecule has 0 amide bonds. The summed E-state index contributed by atoms with van der Waals surface area (Å²) in [4.78, 5) is 11.0. The molecule has 2 fully saturated rings. The third kappa shape index (κ3) is 0.966. The zero-order valence-electron chi connectivity index (χ0n) is 6.10. The lowest BCUT2D eigenvalue weighted by Crippen LogP contribution is -2.32. The largest absolute Gasteiger partial charge is 0.314 e. The van der Waals surface area contributed by atoms with Gasteiger partial charge < -0.3 is 5.32 Å². The summed E-state index contributed by atoms with van der Waals surface area (Å²) in [5.74, 6) is 1.16. The summed E-state index contributed by atoms with van der Waals surface area (Å²) in [5.41, 5.74) is 0. The van der Waals surface area contributed by atoms with Gasteiger partial charge in [0.05, 0.1) is 0 Å². The summed E-state index contributed by atoms with van der Waals surface area (Å²) in [5, 5.41) is 3.43. The van der Waals surface area contributed by atoms with Gasteiger partial charge in [0.15, 0.2) is 0 Å². The van der Waals surface area contributed by atoms with Crippen LogP contribution in [-0.4, -0.2) is 18.4 Å². The third-order valence-electron chi connectivity index (χ3n) is 2.71. The van der Waals surface area contributed by atoms with E-state index in [1.807, 2.05) is 0 Å². The molecule has 2 atom stereocenters. The van der Waals surface area contributed by atoms with Crippen LogP contribution in [0.25, 0.3) is 0 Å². The fourth-order valence-corrected chi connectivity index (χ4v) is 2.12. The van der Waals surface area contributed by atoms with Crippen molar-refractivity contribution in [3.8, 4) is 0 Å². The molecule has 0 bridgehead atoms. The Hall–Kier alpha value is -0.370. The lowest BCUT2D eigenvalue weighted by atomic mass is 9.85. The molecule has 1 saturated heterocycles. The summed E-state index contributed by atoms with van der Waals surface area (Å²) < 4.78 is 0. The summed E-state index contributed by atoms with van der Waals surface area (Å²) in [6.45, 7) is 1.13. The number of Topliss-reactive ketones (excluding diaryl/α,β-unsaturated/α-hetero) is 1. The average Bonchev–Trinajstić information content (AvgIpc) is 2.33. The molecular weight excluding hydrogens is 126 g/mol. The van der Waals surface area contributed by atoms with Crippen LogP contribution in [0.15, 0.2) is 0 Å². The highest BCUT2D eigenvalue weighted by molar-refractivity contribution is 5.79. The number of hydrogen-bond acceptors (Lipinski definition) is 2. The maximum atomic E-state index is 11.0. The van der Waals surface area contributed by atoms with E-state index in [2.05, 4.69) is 5.32 Å². The molecule has 1 heterocycles. The van der Waals surface area contributed by atoms with Crippen molar-refractivity contribution in [1.29, 1.82) is 0 Å². The molecule has 10 heavy (non-hydrogen) atoms. The van der Waals surface area contributed by atoms with Crippen LogP contribution in [0.1, 0.15) is 25.7 Å². The number of ketones is 1. The summed E-state index contributed by atoms with van der Waals surface area (Å²) in [6.07, 6.45) is 3.96. The molecule has 0 radical (unpaired) electrons. The van der Waals surface area contributed by atoms with E-state index in [0.29, 0.717) is 17.7 Å². The quantitative estimate of drug-likeness (QED) is 0.535. The highest BCUT2D eigenvalue weighted by Gasteiger charge is 2.32. The van der Waals surface area contributed by atoms with E-state index in [4.69, 9.17) is 0 Å². The van der Waals surface area contributed by atoms with Gasteiger partial charge in [-0.05, 0) is 25.3 Å². The number of nitrogens with one attached hydrogen (secondary N) is 1. The molecule has 0 aromatic heterocycles. The SMILES string of the molecule is O=C1CC[C@@H]2NCC[C@@H]2C1. The molecule has 0 unspecified atom stereocenters. The molecule has 1 aliphatic carbocycles. The van der Waals surface area contributed by atoms with E-state index < -0.39 is 0 Å². The zero-order valence-corrected chi connectivity index (χ0v) is 6.10. The van der Waals surface area contributed by atoms with Crippen LogP contribution in [0.2, 0.25) is 0 Å². The minimum atomic E-state index is 0.477. The van der Waals surface area contributed by atoms with E-state index >= 15 is 0 Å². The van der Waals surface area contributed by atoms with Gasteiger partial charge in [-0.3, -0.25) is 4.79 Å². The Labute approximate surface area is 61.0 Å². The second kappa shape index (κ2) is 2.35. The van der Waals surface area contributed by atoms with Gasteiger partial charge in [0.25, 0.3) is 0 Å². The van der Waals surface area contributed by atoms with Gasteiger partial charge in [-0.15, -0.1) is 0 Å². The van der Waals surface area contributed by atoms with Crippen molar-refractivity contribution >= 4 is 5.78 Å². The van der Waals surface area contributed by atoms with Gasteiger partial charge in [0.1, 0.15) is 5.78 Å². The van der Waals surface area contributed by atoms with Crippen LogP contribution in [0.4, 0.5) is 0 Å². The van der Waals surface area contributed by atoms with Crippen molar-refractivity contribution in [2.24, 2.45) is 5.92 Å². The first kappa shape index (κ1) is 6.35. The fourth-order valence-electron chi connectivity index (χ4n) is 2.12. The molecule has 1 N–H and O–H groups in total. The van der Waals surface area contributed by atoms with E-state index in [-0.39, 0.29) is 0 Å². The molecule has 2 nitrogen and oxygen atoms in total. The smallest absolute Gasteiger partial charge is 0.133 e. The fraction of sp³-hybridized carbons (Fsp3) is 0.875. The van der Waals surface area contributed by atoms with Crippen LogP contribution in [0.3, 0.4) is 0 Å². The average molecular weight is 139 g/mol. The van der Waals surface area contributed by atoms with Crippen molar-refractivity contribution in [3.63, 3.8) is 0 Å². The normalized spacial score (nSPS) is 39.8. The van der Waals surface area contributed by atoms with Crippen molar-refractivity contribution in [1.82, 2.24) is 5.32 Å². The van der Waals surface area contributed by atoms with Crippen LogP contribution >= 0.6 is 0 Å². The van der Waals surface area contributed by atoms with Crippen molar-refractivity contribution in [3.05, 3.63) is 0 Å². The number of hydrogen-bond donors (Lipinski definition) is 1. The van der Waals surface area contributed by atoms with Crippen LogP contribution in [0, 0.1) is 5.92 Å². The first-order valence-electron chi connectivity index (χ1n) is 4.11. The van der Waals surface area contributed by atoms with Gasteiger partial charge in [-0.25, -0.2) is 0 Å². The zero-order chi connectivity index (χ0) is 6.97. The van der Waals surface area contributed by atoms with E-state index in [0.717, 1.165) is 25.8 Å². The minimum absolute atomic E-state index is 0.477. The van der Waals surface area contributed by atoms with E-state index in [9.17, 15) is 4.79 Å². The first-order valence-corrected chi connectivity index (χ1v) is 4.11. The van der Waals surface area contributed by atoms with Crippen LogP contribution < -0.4 is 5.32 Å². The van der Waals surface area contributed by atoms with Crippen molar-refractivity contribution < 1.29 is 4.79 Å². The van der Waals surface area contributed by atoms with Gasteiger partial charge in [0, 0.05) is 18.9 Å². The monoisotopic (exact) mass is 139 g/mol. The minimum Gasteiger partial charge on any atom is -0.314 e. The Morgan fingerprint density at radius 3 is 3.20 bits per heavy atom. The Balaban J connectivity index is 2.03. The predicted octanol–water partition coefficient (Wildman–Crippen LogP) is 0.718. The van der Waals surface area contributed by atoms with Crippen LogP contribution in [0.5, 0.6) is 0 Å².